The van der Waals surface area contributed by atoms with E-state index in [1.165, 1.54) is 6.07 Å². The molecule has 0 bridgehead atoms. The number of nitrogens with one attached hydrogen (secondary N) is 1. The van der Waals surface area contributed by atoms with Gasteiger partial charge in [-0.25, -0.2) is 0 Å². The summed E-state index contributed by atoms with van der Waals surface area (Å²) >= 11 is 0. The van der Waals surface area contributed by atoms with Gasteiger partial charge in [0.15, 0.2) is 0 Å². The van der Waals surface area contributed by atoms with Crippen molar-refractivity contribution < 1.29 is 10.0 Å². The van der Waals surface area contributed by atoms with Gasteiger partial charge >= 0.3 is 0 Å². The van der Waals surface area contributed by atoms with Crippen molar-refractivity contribution in [3.63, 3.8) is 0 Å². The molecule has 17 heavy (non-hydrogen) atoms. The average Bonchev–Trinajstić information content (AvgIpc) is 2.26. The molecule has 94 valence electrons. The maximum atomic E-state index is 10.6. The maximum Gasteiger partial charge on any atom is 0.272 e. The molecule has 0 aliphatic heterocycles. The number of anilines is 1. The van der Waals surface area contributed by atoms with E-state index in [4.69, 9.17) is 5.11 Å². The molecule has 1 aromatic carbocycles. The molecular weight excluding hydrogens is 220 g/mol. The van der Waals surface area contributed by atoms with E-state index >= 15 is 0 Å². The van der Waals surface area contributed by atoms with E-state index in [2.05, 4.69) is 5.32 Å². The van der Waals surface area contributed by atoms with Crippen LogP contribution in [0.3, 0.4) is 0 Å². The van der Waals surface area contributed by atoms with Gasteiger partial charge in [-0.3, -0.25) is 10.1 Å². The second-order valence-electron chi connectivity index (χ2n) is 4.26. The second-order valence-corrected chi connectivity index (χ2v) is 4.26. The largest absolute Gasteiger partial charge is 0.396 e. The quantitative estimate of drug-likeness (QED) is 0.589. The fourth-order valence-electron chi connectivity index (χ4n) is 1.58. The third-order valence-electron chi connectivity index (χ3n) is 2.67. The van der Waals surface area contributed by atoms with Crippen LogP contribution in [-0.2, 0) is 0 Å². The number of benzene rings is 1. The molecule has 1 unspecified atom stereocenters. The molecular formula is C12H18N2O3. The number of nitro benzene ring substituents is 1. The highest BCUT2D eigenvalue weighted by atomic mass is 16.6. The minimum Gasteiger partial charge on any atom is -0.396 e. The monoisotopic (exact) mass is 238 g/mol. The Labute approximate surface area is 101 Å². The van der Waals surface area contributed by atoms with E-state index in [0.717, 1.165) is 18.7 Å². The number of rotatable bonds is 6. The van der Waals surface area contributed by atoms with E-state index in [1.54, 1.807) is 19.1 Å². The Morgan fingerprint density at radius 3 is 2.76 bits per heavy atom. The summed E-state index contributed by atoms with van der Waals surface area (Å²) in [6.45, 7) is 4.70. The van der Waals surface area contributed by atoms with Crippen molar-refractivity contribution in [1.82, 2.24) is 0 Å². The molecule has 0 aliphatic carbocycles. The summed E-state index contributed by atoms with van der Waals surface area (Å²) in [7, 11) is 0. The molecule has 1 aromatic rings. The Morgan fingerprint density at radius 2 is 2.24 bits per heavy atom. The lowest BCUT2D eigenvalue weighted by Gasteiger charge is -2.12. The van der Waals surface area contributed by atoms with Gasteiger partial charge in [-0.05, 0) is 31.4 Å². The van der Waals surface area contributed by atoms with E-state index < -0.39 is 0 Å². The predicted octanol–water partition coefficient (Wildman–Crippen LogP) is 2.33. The molecule has 0 saturated heterocycles. The van der Waals surface area contributed by atoms with Crippen LogP contribution in [0, 0.1) is 23.0 Å². The highest BCUT2D eigenvalue weighted by Crippen LogP contribution is 2.21. The predicted molar refractivity (Wildman–Crippen MR) is 67.2 cm³/mol. The van der Waals surface area contributed by atoms with E-state index in [0.29, 0.717) is 11.5 Å². The molecule has 5 nitrogen and oxygen atoms in total. The molecule has 1 atom stereocenters. The number of hydrogen-bond acceptors (Lipinski definition) is 4. The zero-order valence-electron chi connectivity index (χ0n) is 10.1. The minimum absolute atomic E-state index is 0.138. The van der Waals surface area contributed by atoms with Gasteiger partial charge in [0.2, 0.25) is 0 Å². The molecule has 0 fully saturated rings. The number of aliphatic hydroxyl groups excluding tert-OH is 1. The third kappa shape index (κ3) is 4.03. The van der Waals surface area contributed by atoms with Crippen LogP contribution < -0.4 is 5.32 Å². The highest BCUT2D eigenvalue weighted by Gasteiger charge is 2.10. The topological polar surface area (TPSA) is 75.4 Å². The Bertz CT molecular complexity index is 393. The van der Waals surface area contributed by atoms with Gasteiger partial charge in [-0.1, -0.05) is 6.92 Å². The molecule has 0 heterocycles. The molecule has 0 spiro atoms. The molecule has 0 aliphatic rings. The maximum absolute atomic E-state index is 10.6. The first-order valence-corrected chi connectivity index (χ1v) is 5.64. The summed E-state index contributed by atoms with van der Waals surface area (Å²) in [5.41, 5.74) is 1.66. The van der Waals surface area contributed by atoms with Crippen LogP contribution in [0.4, 0.5) is 11.4 Å². The van der Waals surface area contributed by atoms with Crippen molar-refractivity contribution >= 4 is 11.4 Å². The fraction of sp³-hybridized carbons (Fsp3) is 0.500. The lowest BCUT2D eigenvalue weighted by molar-refractivity contribution is -0.385. The Morgan fingerprint density at radius 1 is 1.53 bits per heavy atom. The molecule has 5 heteroatoms. The second kappa shape index (κ2) is 6.20. The van der Waals surface area contributed by atoms with Gasteiger partial charge in [0.05, 0.1) is 4.92 Å². The minimum atomic E-state index is -0.381. The first kappa shape index (κ1) is 13.4. The fourth-order valence-corrected chi connectivity index (χ4v) is 1.58. The van der Waals surface area contributed by atoms with Gasteiger partial charge in [-0.15, -0.1) is 0 Å². The molecule has 0 radical (unpaired) electrons. The average molecular weight is 238 g/mol. The van der Waals surface area contributed by atoms with Crippen LogP contribution in [0.1, 0.15) is 18.9 Å². The van der Waals surface area contributed by atoms with Crippen molar-refractivity contribution in [2.45, 2.75) is 20.3 Å². The van der Waals surface area contributed by atoms with Gasteiger partial charge < -0.3 is 10.4 Å². The van der Waals surface area contributed by atoms with Crippen LogP contribution in [0.25, 0.3) is 0 Å². The van der Waals surface area contributed by atoms with Crippen molar-refractivity contribution in [3.8, 4) is 0 Å². The van der Waals surface area contributed by atoms with Gasteiger partial charge in [-0.2, -0.15) is 0 Å². The summed E-state index contributed by atoms with van der Waals surface area (Å²) in [6.07, 6.45) is 0.749. The van der Waals surface area contributed by atoms with Crippen LogP contribution in [0.15, 0.2) is 18.2 Å². The van der Waals surface area contributed by atoms with Crippen molar-refractivity contribution in [1.29, 1.82) is 0 Å². The summed E-state index contributed by atoms with van der Waals surface area (Å²) in [6, 6.07) is 4.98. The first-order chi connectivity index (χ1) is 8.04. The van der Waals surface area contributed by atoms with Crippen LogP contribution in [0.2, 0.25) is 0 Å². The van der Waals surface area contributed by atoms with Crippen LogP contribution in [0.5, 0.6) is 0 Å². The van der Waals surface area contributed by atoms with E-state index in [-0.39, 0.29) is 17.2 Å². The normalized spacial score (nSPS) is 12.2. The first-order valence-electron chi connectivity index (χ1n) is 5.64. The number of aliphatic hydroxyl groups is 1. The molecule has 0 aromatic heterocycles. The molecule has 1 rings (SSSR count). The van der Waals surface area contributed by atoms with Crippen LogP contribution >= 0.6 is 0 Å². The summed E-state index contributed by atoms with van der Waals surface area (Å²) < 4.78 is 0. The number of nitrogens with zero attached hydrogens (tertiary/aromatic N) is 1. The summed E-state index contributed by atoms with van der Waals surface area (Å²) in [5, 5.41) is 22.6. The Kier molecular flexibility index (Phi) is 4.90. The summed E-state index contributed by atoms with van der Waals surface area (Å²) in [4.78, 5) is 10.3. The van der Waals surface area contributed by atoms with Gasteiger partial charge in [0.1, 0.15) is 0 Å². The van der Waals surface area contributed by atoms with E-state index in [9.17, 15) is 10.1 Å². The molecule has 2 N–H and O–H groups in total. The number of hydrogen-bond donors (Lipinski definition) is 2. The zero-order chi connectivity index (χ0) is 12.8. The molecule has 0 saturated carbocycles. The van der Waals surface area contributed by atoms with Crippen molar-refractivity contribution in [3.05, 3.63) is 33.9 Å². The standard InChI is InChI=1S/C12H18N2O3/c1-9(5-6-15)8-13-11-3-4-12(14(16)17)10(2)7-11/h3-4,7,9,13,15H,5-6,8H2,1-2H3. The van der Waals surface area contributed by atoms with E-state index in [1.807, 2.05) is 6.92 Å². The highest BCUT2D eigenvalue weighted by molar-refractivity contribution is 5.53. The summed E-state index contributed by atoms with van der Waals surface area (Å²) in [5.74, 6) is 0.371. The third-order valence-corrected chi connectivity index (χ3v) is 2.67. The Hall–Kier alpha value is -1.62. The van der Waals surface area contributed by atoms with Gasteiger partial charge in [0.25, 0.3) is 5.69 Å². The SMILES string of the molecule is Cc1cc(NCC(C)CCO)ccc1[N+](=O)[O-]. The van der Waals surface area contributed by atoms with Crippen LogP contribution in [-0.4, -0.2) is 23.2 Å². The number of aryl methyl sites for hydroxylation is 1. The number of nitro groups is 1. The van der Waals surface area contributed by atoms with Crippen molar-refractivity contribution in [2.24, 2.45) is 5.92 Å². The lowest BCUT2D eigenvalue weighted by Crippen LogP contribution is -2.12. The lowest BCUT2D eigenvalue weighted by atomic mass is 10.1. The molecule has 0 amide bonds. The zero-order valence-corrected chi connectivity index (χ0v) is 10.1. The van der Waals surface area contributed by atoms with Crippen molar-refractivity contribution in [2.75, 3.05) is 18.5 Å². The smallest absolute Gasteiger partial charge is 0.272 e. The van der Waals surface area contributed by atoms with Gasteiger partial charge in [0, 0.05) is 30.5 Å². The Balaban J connectivity index is 2.62.